The lowest BCUT2D eigenvalue weighted by molar-refractivity contribution is 0.354. The van der Waals surface area contributed by atoms with Crippen LogP contribution in [0.3, 0.4) is 0 Å². The second-order valence-electron chi connectivity index (χ2n) is 6.74. The molecule has 3 rings (SSSR count). The van der Waals surface area contributed by atoms with Gasteiger partial charge in [-0.05, 0) is 49.9 Å². The van der Waals surface area contributed by atoms with E-state index in [2.05, 4.69) is 16.0 Å². The van der Waals surface area contributed by atoms with Crippen molar-refractivity contribution in [1.82, 2.24) is 4.98 Å². The number of ether oxygens (including phenoxy) is 3. The van der Waals surface area contributed by atoms with Gasteiger partial charge >= 0.3 is 0 Å². The molecule has 1 aliphatic rings. The van der Waals surface area contributed by atoms with Crippen molar-refractivity contribution in [3.63, 3.8) is 0 Å². The van der Waals surface area contributed by atoms with E-state index in [4.69, 9.17) is 19.2 Å². The molecule has 6 nitrogen and oxygen atoms in total. The standard InChI is InChI=1S/C22H27N3O3/c1-15-24-14-17(11-16-5-8-21(27-3)22(12-16)28-4)20(25-15)7-6-18-13-19(26-2)9-10-23-18/h5,8-10,12-15,17H,6-7,11H2,1-4H3. The average Bonchev–Trinajstić information content (AvgIpc) is 2.73. The van der Waals surface area contributed by atoms with Gasteiger partial charge in [-0.25, -0.2) is 0 Å². The van der Waals surface area contributed by atoms with Crippen LogP contribution < -0.4 is 14.2 Å². The zero-order chi connectivity index (χ0) is 19.9. The molecule has 6 heteroatoms. The molecule has 1 aliphatic heterocycles. The van der Waals surface area contributed by atoms with Crippen LogP contribution >= 0.6 is 0 Å². The zero-order valence-corrected chi connectivity index (χ0v) is 16.9. The van der Waals surface area contributed by atoms with Gasteiger partial charge in [0.1, 0.15) is 11.9 Å². The van der Waals surface area contributed by atoms with Crippen molar-refractivity contribution in [1.29, 1.82) is 0 Å². The first-order valence-corrected chi connectivity index (χ1v) is 9.42. The van der Waals surface area contributed by atoms with Crippen LogP contribution in [0.25, 0.3) is 0 Å². The summed E-state index contributed by atoms with van der Waals surface area (Å²) >= 11 is 0. The first-order valence-electron chi connectivity index (χ1n) is 9.42. The van der Waals surface area contributed by atoms with Crippen LogP contribution in [-0.4, -0.2) is 44.4 Å². The van der Waals surface area contributed by atoms with E-state index in [0.717, 1.165) is 53.5 Å². The summed E-state index contributed by atoms with van der Waals surface area (Å²) in [5, 5.41) is 0. The maximum Gasteiger partial charge on any atom is 0.160 e. The number of hydrogen-bond acceptors (Lipinski definition) is 6. The third kappa shape index (κ3) is 4.88. The number of benzene rings is 1. The molecule has 2 heterocycles. The van der Waals surface area contributed by atoms with Gasteiger partial charge in [0.25, 0.3) is 0 Å². The molecule has 0 N–H and O–H groups in total. The SMILES string of the molecule is COc1ccnc(CCC2=NC(C)N=CC2Cc2ccc(OC)c(OC)c2)c1. The van der Waals surface area contributed by atoms with E-state index in [1.807, 2.05) is 37.4 Å². The molecule has 0 radical (unpaired) electrons. The second kappa shape index (κ2) is 9.35. The molecular weight excluding hydrogens is 354 g/mol. The van der Waals surface area contributed by atoms with Crippen LogP contribution in [0.15, 0.2) is 46.5 Å². The normalized spacial score (nSPS) is 18.5. The molecule has 0 bridgehead atoms. The molecule has 2 aromatic rings. The summed E-state index contributed by atoms with van der Waals surface area (Å²) in [6, 6.07) is 9.86. The van der Waals surface area contributed by atoms with Gasteiger partial charge in [-0.1, -0.05) is 6.07 Å². The molecule has 0 amide bonds. The minimum Gasteiger partial charge on any atom is -0.497 e. The second-order valence-corrected chi connectivity index (χ2v) is 6.74. The quantitative estimate of drug-likeness (QED) is 0.698. The zero-order valence-electron chi connectivity index (χ0n) is 16.9. The van der Waals surface area contributed by atoms with Crippen LogP contribution in [0.2, 0.25) is 0 Å². The third-order valence-corrected chi connectivity index (χ3v) is 4.83. The Hall–Kier alpha value is -2.89. The molecule has 0 saturated carbocycles. The van der Waals surface area contributed by atoms with Crippen molar-refractivity contribution < 1.29 is 14.2 Å². The average molecular weight is 381 g/mol. The Balaban J connectivity index is 1.72. The minimum absolute atomic E-state index is 0.0325. The number of methoxy groups -OCH3 is 3. The molecule has 148 valence electrons. The van der Waals surface area contributed by atoms with Crippen molar-refractivity contribution in [3.8, 4) is 17.2 Å². The number of aliphatic imine (C=N–C) groups is 2. The largest absolute Gasteiger partial charge is 0.497 e. The summed E-state index contributed by atoms with van der Waals surface area (Å²) in [6.45, 7) is 2.01. The molecule has 0 aliphatic carbocycles. The van der Waals surface area contributed by atoms with Crippen LogP contribution in [0.5, 0.6) is 17.2 Å². The van der Waals surface area contributed by atoms with Gasteiger partial charge in [-0.15, -0.1) is 0 Å². The van der Waals surface area contributed by atoms with Crippen LogP contribution in [-0.2, 0) is 12.8 Å². The summed E-state index contributed by atoms with van der Waals surface area (Å²) in [6.07, 6.45) is 6.26. The van der Waals surface area contributed by atoms with E-state index in [1.165, 1.54) is 0 Å². The highest BCUT2D eigenvalue weighted by Crippen LogP contribution is 2.29. The van der Waals surface area contributed by atoms with Gasteiger partial charge in [0.05, 0.1) is 21.3 Å². The fourth-order valence-corrected chi connectivity index (χ4v) is 3.34. The van der Waals surface area contributed by atoms with Crippen LogP contribution in [0.4, 0.5) is 0 Å². The van der Waals surface area contributed by atoms with E-state index in [-0.39, 0.29) is 12.1 Å². The van der Waals surface area contributed by atoms with Gasteiger partial charge in [0.2, 0.25) is 0 Å². The first kappa shape index (κ1) is 19.9. The molecule has 0 saturated heterocycles. The number of nitrogens with zero attached hydrogens (tertiary/aromatic N) is 3. The van der Waals surface area contributed by atoms with Crippen LogP contribution in [0.1, 0.15) is 24.6 Å². The fourth-order valence-electron chi connectivity index (χ4n) is 3.34. The summed E-state index contributed by atoms with van der Waals surface area (Å²) in [4.78, 5) is 13.8. The smallest absolute Gasteiger partial charge is 0.160 e. The van der Waals surface area contributed by atoms with E-state index < -0.39 is 0 Å². The van der Waals surface area contributed by atoms with Gasteiger partial charge in [0, 0.05) is 35.8 Å². The fraction of sp³-hybridized carbons (Fsp3) is 0.409. The Kier molecular flexibility index (Phi) is 6.63. The van der Waals surface area contributed by atoms with Crippen molar-refractivity contribution in [2.24, 2.45) is 15.9 Å². The van der Waals surface area contributed by atoms with E-state index in [1.54, 1.807) is 27.5 Å². The Morgan fingerprint density at radius 3 is 2.50 bits per heavy atom. The maximum absolute atomic E-state index is 5.43. The van der Waals surface area contributed by atoms with Gasteiger partial charge < -0.3 is 14.2 Å². The van der Waals surface area contributed by atoms with Crippen molar-refractivity contribution in [2.45, 2.75) is 32.4 Å². The highest BCUT2D eigenvalue weighted by molar-refractivity contribution is 6.00. The number of hydrogen-bond donors (Lipinski definition) is 0. The molecule has 2 unspecified atom stereocenters. The summed E-state index contributed by atoms with van der Waals surface area (Å²) < 4.78 is 16.0. The number of pyridine rings is 1. The van der Waals surface area contributed by atoms with Crippen molar-refractivity contribution >= 4 is 11.9 Å². The molecule has 2 atom stereocenters. The van der Waals surface area contributed by atoms with E-state index >= 15 is 0 Å². The van der Waals surface area contributed by atoms with E-state index in [0.29, 0.717) is 0 Å². The number of rotatable bonds is 8. The van der Waals surface area contributed by atoms with Gasteiger partial charge in [-0.2, -0.15) is 0 Å². The Morgan fingerprint density at radius 1 is 0.929 bits per heavy atom. The molecule has 1 aromatic heterocycles. The minimum atomic E-state index is -0.0325. The Bertz CT molecular complexity index is 864. The lowest BCUT2D eigenvalue weighted by atomic mass is 9.91. The van der Waals surface area contributed by atoms with E-state index in [9.17, 15) is 0 Å². The van der Waals surface area contributed by atoms with Crippen LogP contribution in [0, 0.1) is 5.92 Å². The molecule has 0 spiro atoms. The summed E-state index contributed by atoms with van der Waals surface area (Å²) in [5.41, 5.74) is 3.32. The Morgan fingerprint density at radius 2 is 1.75 bits per heavy atom. The number of aromatic nitrogens is 1. The third-order valence-electron chi connectivity index (χ3n) is 4.83. The molecule has 28 heavy (non-hydrogen) atoms. The van der Waals surface area contributed by atoms with Crippen molar-refractivity contribution in [3.05, 3.63) is 47.8 Å². The summed E-state index contributed by atoms with van der Waals surface area (Å²) in [7, 11) is 4.96. The highest BCUT2D eigenvalue weighted by atomic mass is 16.5. The summed E-state index contributed by atoms with van der Waals surface area (Å²) in [5.74, 6) is 2.46. The monoisotopic (exact) mass is 381 g/mol. The Labute approximate surface area is 166 Å². The molecule has 0 fully saturated rings. The van der Waals surface area contributed by atoms with Gasteiger partial charge in [0.15, 0.2) is 11.5 Å². The highest BCUT2D eigenvalue weighted by Gasteiger charge is 2.20. The predicted octanol–water partition coefficient (Wildman–Crippen LogP) is 3.77. The first-order chi connectivity index (χ1) is 13.6. The number of aryl methyl sites for hydroxylation is 1. The van der Waals surface area contributed by atoms with Crippen molar-refractivity contribution in [2.75, 3.05) is 21.3 Å². The molecular formula is C22H27N3O3. The topological polar surface area (TPSA) is 65.3 Å². The maximum atomic E-state index is 5.43. The lowest BCUT2D eigenvalue weighted by Gasteiger charge is -2.21. The van der Waals surface area contributed by atoms with Gasteiger partial charge in [-0.3, -0.25) is 15.0 Å². The lowest BCUT2D eigenvalue weighted by Crippen LogP contribution is -2.25. The predicted molar refractivity (Wildman–Crippen MR) is 111 cm³/mol. The molecule has 1 aromatic carbocycles.